The van der Waals surface area contributed by atoms with Gasteiger partial charge in [-0.2, -0.15) is 0 Å². The molecule has 2 unspecified atom stereocenters. The van der Waals surface area contributed by atoms with Crippen LogP contribution in [0, 0.1) is 0 Å². The van der Waals surface area contributed by atoms with E-state index in [2.05, 4.69) is 16.7 Å². The smallest absolute Gasteiger partial charge is 0.322 e. The van der Waals surface area contributed by atoms with Gasteiger partial charge in [-0.05, 0) is 6.92 Å². The Kier molecular flexibility index (Phi) is 1.81. The number of fused-ring (bicyclic) bond motifs is 3. The monoisotopic (exact) mass is 170 g/mol. The van der Waals surface area contributed by atoms with Gasteiger partial charge in [-0.1, -0.05) is 0 Å². The van der Waals surface area contributed by atoms with E-state index >= 15 is 0 Å². The molecule has 0 aromatic heterocycles. The summed E-state index contributed by atoms with van der Waals surface area (Å²) in [6, 6.07) is 0.149. The van der Waals surface area contributed by atoms with Gasteiger partial charge >= 0.3 is 5.97 Å². The lowest BCUT2D eigenvalue weighted by atomic mass is 10.0. The summed E-state index contributed by atoms with van der Waals surface area (Å²) >= 11 is 0. The van der Waals surface area contributed by atoms with Crippen molar-refractivity contribution in [2.75, 3.05) is 26.2 Å². The predicted molar refractivity (Wildman–Crippen MR) is 44.0 cm³/mol. The minimum absolute atomic E-state index is 0.262. The Balaban J connectivity index is 2.14. The summed E-state index contributed by atoms with van der Waals surface area (Å²) in [6.07, 6.45) is 0. The Hall–Kier alpha value is -0.610. The number of hydrogen-bond acceptors (Lipinski definition) is 3. The van der Waals surface area contributed by atoms with Crippen molar-refractivity contribution in [3.05, 3.63) is 0 Å². The maximum absolute atomic E-state index is 10.8. The number of carbonyl (C=O) groups is 1. The molecule has 2 bridgehead atoms. The molecule has 0 aromatic rings. The summed E-state index contributed by atoms with van der Waals surface area (Å²) in [7, 11) is 0. The van der Waals surface area contributed by atoms with E-state index in [0.717, 1.165) is 19.6 Å². The zero-order chi connectivity index (χ0) is 8.72. The van der Waals surface area contributed by atoms with E-state index in [1.807, 2.05) is 0 Å². The van der Waals surface area contributed by atoms with Crippen LogP contribution in [0.15, 0.2) is 0 Å². The van der Waals surface area contributed by atoms with Crippen LogP contribution in [0.5, 0.6) is 0 Å². The predicted octanol–water partition coefficient (Wildman–Crippen LogP) is -0.541. The van der Waals surface area contributed by atoms with Gasteiger partial charge in [-0.15, -0.1) is 0 Å². The molecule has 0 radical (unpaired) electrons. The Morgan fingerprint density at radius 2 is 2.17 bits per heavy atom. The highest BCUT2D eigenvalue weighted by molar-refractivity contribution is 5.74. The number of aliphatic carboxylic acids is 1. The second-order valence-electron chi connectivity index (χ2n) is 3.70. The summed E-state index contributed by atoms with van der Waals surface area (Å²) in [6.45, 7) is 5.79. The number of rotatable bonds is 1. The van der Waals surface area contributed by atoms with Crippen molar-refractivity contribution in [1.29, 1.82) is 0 Å². The van der Waals surface area contributed by atoms with Crippen LogP contribution in [-0.4, -0.2) is 59.1 Å². The van der Waals surface area contributed by atoms with Crippen molar-refractivity contribution >= 4 is 5.97 Å². The molecule has 0 spiro atoms. The average molecular weight is 170 g/mol. The van der Waals surface area contributed by atoms with Crippen molar-refractivity contribution in [2.24, 2.45) is 0 Å². The molecular formula is C8H14N2O2. The molecular weight excluding hydrogens is 156 g/mol. The second kappa shape index (κ2) is 2.71. The number of hydrogen-bond donors (Lipinski definition) is 1. The first-order chi connectivity index (χ1) is 5.68. The quantitative estimate of drug-likeness (QED) is 0.574. The fourth-order valence-corrected chi connectivity index (χ4v) is 2.25. The van der Waals surface area contributed by atoms with Gasteiger partial charge in [0.15, 0.2) is 0 Å². The molecule has 4 atom stereocenters. The average Bonchev–Trinajstić information content (AvgIpc) is 2.04. The number of carboxylic acids is 1. The molecule has 3 heterocycles. The summed E-state index contributed by atoms with van der Waals surface area (Å²) in [5, 5.41) is 8.91. The SMILES string of the molecule is C[C@@H]1CN2CCN1[C@@H](C(=O)O)C2. The van der Waals surface area contributed by atoms with E-state index in [0.29, 0.717) is 12.6 Å². The van der Waals surface area contributed by atoms with Gasteiger partial charge in [0.2, 0.25) is 0 Å². The van der Waals surface area contributed by atoms with Crippen LogP contribution < -0.4 is 0 Å². The van der Waals surface area contributed by atoms with E-state index in [1.165, 1.54) is 0 Å². The standard InChI is InChI=1S/C8H14N2O2/c1-6-4-9-2-3-10(6)7(5-9)8(11)12/h6-7H,2-5H2,1H3,(H,11,12)/t6-,7-/m1/s1. The van der Waals surface area contributed by atoms with Crippen molar-refractivity contribution in [2.45, 2.75) is 19.0 Å². The third-order valence-electron chi connectivity index (χ3n) is 2.88. The Morgan fingerprint density at radius 3 is 2.58 bits per heavy atom. The molecule has 0 aromatic carbocycles. The van der Waals surface area contributed by atoms with Crippen LogP contribution in [0.4, 0.5) is 0 Å². The van der Waals surface area contributed by atoms with Crippen LogP contribution in [0.2, 0.25) is 0 Å². The van der Waals surface area contributed by atoms with E-state index in [-0.39, 0.29) is 6.04 Å². The van der Waals surface area contributed by atoms with Gasteiger partial charge in [0.25, 0.3) is 0 Å². The lowest BCUT2D eigenvalue weighted by Gasteiger charge is -2.49. The zero-order valence-corrected chi connectivity index (χ0v) is 7.23. The Morgan fingerprint density at radius 1 is 1.42 bits per heavy atom. The molecule has 0 amide bonds. The van der Waals surface area contributed by atoms with Crippen molar-refractivity contribution in [1.82, 2.24) is 9.80 Å². The summed E-state index contributed by atoms with van der Waals surface area (Å²) in [4.78, 5) is 15.2. The van der Waals surface area contributed by atoms with Gasteiger partial charge in [0.1, 0.15) is 6.04 Å². The van der Waals surface area contributed by atoms with Gasteiger partial charge in [0, 0.05) is 32.2 Å². The van der Waals surface area contributed by atoms with E-state index < -0.39 is 5.97 Å². The normalized spacial score (nSPS) is 46.1. The van der Waals surface area contributed by atoms with Gasteiger partial charge in [-0.3, -0.25) is 14.6 Å². The largest absolute Gasteiger partial charge is 0.480 e. The lowest BCUT2D eigenvalue weighted by Crippen LogP contribution is -2.66. The Bertz CT molecular complexity index is 207. The van der Waals surface area contributed by atoms with Gasteiger partial charge < -0.3 is 5.11 Å². The molecule has 3 saturated heterocycles. The first-order valence-corrected chi connectivity index (χ1v) is 4.39. The first kappa shape index (κ1) is 8.01. The first-order valence-electron chi connectivity index (χ1n) is 4.39. The van der Waals surface area contributed by atoms with Crippen molar-refractivity contribution in [3.8, 4) is 0 Å². The highest BCUT2D eigenvalue weighted by Gasteiger charge is 2.40. The molecule has 3 aliphatic heterocycles. The highest BCUT2D eigenvalue weighted by Crippen LogP contribution is 2.20. The molecule has 0 aliphatic carbocycles. The minimum atomic E-state index is -0.675. The van der Waals surface area contributed by atoms with Gasteiger partial charge in [0.05, 0.1) is 0 Å². The van der Waals surface area contributed by atoms with Crippen molar-refractivity contribution in [3.63, 3.8) is 0 Å². The van der Waals surface area contributed by atoms with Crippen LogP contribution in [-0.2, 0) is 4.79 Å². The molecule has 0 saturated carbocycles. The third-order valence-corrected chi connectivity index (χ3v) is 2.88. The van der Waals surface area contributed by atoms with E-state index in [4.69, 9.17) is 5.11 Å². The summed E-state index contributed by atoms with van der Waals surface area (Å²) < 4.78 is 0. The minimum Gasteiger partial charge on any atom is -0.480 e. The molecule has 3 aliphatic rings. The topological polar surface area (TPSA) is 43.8 Å². The number of carboxylic acid groups (broad SMARTS) is 1. The number of nitrogens with zero attached hydrogens (tertiary/aromatic N) is 2. The molecule has 1 N–H and O–H groups in total. The summed E-state index contributed by atoms with van der Waals surface area (Å²) in [5.74, 6) is -0.675. The van der Waals surface area contributed by atoms with Gasteiger partial charge in [-0.25, -0.2) is 0 Å². The highest BCUT2D eigenvalue weighted by atomic mass is 16.4. The zero-order valence-electron chi connectivity index (χ0n) is 7.23. The molecule has 4 heteroatoms. The number of piperazine rings is 3. The lowest BCUT2D eigenvalue weighted by molar-refractivity contribution is -0.151. The maximum atomic E-state index is 10.8. The fraction of sp³-hybridized carbons (Fsp3) is 0.875. The molecule has 12 heavy (non-hydrogen) atoms. The maximum Gasteiger partial charge on any atom is 0.322 e. The van der Waals surface area contributed by atoms with Crippen LogP contribution in [0.3, 0.4) is 0 Å². The van der Waals surface area contributed by atoms with Crippen LogP contribution >= 0.6 is 0 Å². The third kappa shape index (κ3) is 1.11. The van der Waals surface area contributed by atoms with Crippen LogP contribution in [0.25, 0.3) is 0 Å². The molecule has 4 nitrogen and oxygen atoms in total. The fourth-order valence-electron chi connectivity index (χ4n) is 2.25. The molecule has 3 rings (SSSR count). The summed E-state index contributed by atoms with van der Waals surface area (Å²) in [5.41, 5.74) is 0. The second-order valence-corrected chi connectivity index (χ2v) is 3.70. The molecule has 68 valence electrons. The van der Waals surface area contributed by atoms with Crippen molar-refractivity contribution < 1.29 is 9.90 Å². The van der Waals surface area contributed by atoms with Crippen LogP contribution in [0.1, 0.15) is 6.92 Å². The van der Waals surface area contributed by atoms with E-state index in [9.17, 15) is 4.79 Å². The molecule has 3 fully saturated rings. The van der Waals surface area contributed by atoms with E-state index in [1.54, 1.807) is 0 Å². The Labute approximate surface area is 71.8 Å².